The fourth-order valence-corrected chi connectivity index (χ4v) is 4.83. The first-order chi connectivity index (χ1) is 13.6. The van der Waals surface area contributed by atoms with Crippen LogP contribution in [0.1, 0.15) is 12.8 Å². The standard InChI is InChI=1S/C20H21Cl2N5O/c21-15-3-1-2-13(18(15)22)14-4-5-17(27-19(14)24-12-25-27)26-8-6-20(7-9-26)11-28-10-16(20)23/h1-5,12,16H,6-11,23H2. The van der Waals surface area contributed by atoms with E-state index < -0.39 is 0 Å². The van der Waals surface area contributed by atoms with Gasteiger partial charge in [0, 0.05) is 35.7 Å². The van der Waals surface area contributed by atoms with Crippen LogP contribution in [0.15, 0.2) is 36.7 Å². The van der Waals surface area contributed by atoms with E-state index in [1.54, 1.807) is 12.4 Å². The molecule has 2 fully saturated rings. The van der Waals surface area contributed by atoms with Crippen LogP contribution in [0.4, 0.5) is 5.82 Å². The van der Waals surface area contributed by atoms with Crippen molar-refractivity contribution in [2.45, 2.75) is 18.9 Å². The zero-order chi connectivity index (χ0) is 19.3. The average molecular weight is 418 g/mol. The molecule has 2 N–H and O–H groups in total. The first-order valence-corrected chi connectivity index (χ1v) is 10.2. The molecule has 8 heteroatoms. The molecule has 0 amide bonds. The molecule has 2 aliphatic rings. The molecule has 0 radical (unpaired) electrons. The topological polar surface area (TPSA) is 68.7 Å². The molecule has 6 nitrogen and oxygen atoms in total. The van der Waals surface area contributed by atoms with E-state index in [-0.39, 0.29) is 11.5 Å². The summed E-state index contributed by atoms with van der Waals surface area (Å²) in [5.41, 5.74) is 8.97. The highest BCUT2D eigenvalue weighted by molar-refractivity contribution is 6.43. The number of ether oxygens (including phenoxy) is 1. The van der Waals surface area contributed by atoms with Gasteiger partial charge < -0.3 is 15.4 Å². The maximum absolute atomic E-state index is 6.44. The summed E-state index contributed by atoms with van der Waals surface area (Å²) in [4.78, 5) is 6.84. The molecule has 1 atom stereocenters. The molecule has 0 bridgehead atoms. The Kier molecular flexibility index (Phi) is 4.47. The number of nitrogens with two attached hydrogens (primary N) is 1. The molecule has 3 aromatic rings. The van der Waals surface area contributed by atoms with Crippen LogP contribution in [-0.4, -0.2) is 46.9 Å². The van der Waals surface area contributed by atoms with Crippen molar-refractivity contribution in [1.29, 1.82) is 0 Å². The number of aromatic nitrogens is 3. The number of benzene rings is 1. The van der Waals surface area contributed by atoms with Gasteiger partial charge in [-0.3, -0.25) is 0 Å². The van der Waals surface area contributed by atoms with E-state index >= 15 is 0 Å². The van der Waals surface area contributed by atoms with Crippen LogP contribution in [-0.2, 0) is 4.74 Å². The third-order valence-electron chi connectivity index (χ3n) is 6.20. The average Bonchev–Trinajstić information content (AvgIpc) is 3.32. The summed E-state index contributed by atoms with van der Waals surface area (Å²) in [6.07, 6.45) is 3.62. The quantitative estimate of drug-likeness (QED) is 0.688. The van der Waals surface area contributed by atoms with E-state index in [0.717, 1.165) is 55.1 Å². The van der Waals surface area contributed by atoms with Gasteiger partial charge in [0.1, 0.15) is 12.1 Å². The zero-order valence-corrected chi connectivity index (χ0v) is 16.8. The molecule has 146 valence electrons. The third-order valence-corrected chi connectivity index (χ3v) is 7.02. The first kappa shape index (κ1) is 18.2. The van der Waals surface area contributed by atoms with Crippen molar-refractivity contribution in [2.75, 3.05) is 31.2 Å². The molecular weight excluding hydrogens is 397 g/mol. The fraction of sp³-hybridized carbons (Fsp3) is 0.400. The maximum Gasteiger partial charge on any atom is 0.165 e. The van der Waals surface area contributed by atoms with Crippen LogP contribution in [0, 0.1) is 5.41 Å². The monoisotopic (exact) mass is 417 g/mol. The predicted octanol–water partition coefficient (Wildman–Crippen LogP) is 3.65. The summed E-state index contributed by atoms with van der Waals surface area (Å²) < 4.78 is 7.52. The van der Waals surface area contributed by atoms with Crippen molar-refractivity contribution in [3.8, 4) is 11.1 Å². The Morgan fingerprint density at radius 3 is 2.68 bits per heavy atom. The largest absolute Gasteiger partial charge is 0.379 e. The number of rotatable bonds is 2. The Bertz CT molecular complexity index is 1030. The van der Waals surface area contributed by atoms with Crippen LogP contribution >= 0.6 is 23.2 Å². The van der Waals surface area contributed by atoms with Gasteiger partial charge in [0.2, 0.25) is 0 Å². The van der Waals surface area contributed by atoms with Gasteiger partial charge in [-0.15, -0.1) is 0 Å². The summed E-state index contributed by atoms with van der Waals surface area (Å²) in [5.74, 6) is 1.02. The molecule has 1 spiro atoms. The number of hydrogen-bond acceptors (Lipinski definition) is 5. The molecule has 2 aromatic heterocycles. The molecule has 1 aromatic carbocycles. The lowest BCUT2D eigenvalue weighted by Gasteiger charge is -2.41. The second-order valence-electron chi connectivity index (χ2n) is 7.67. The van der Waals surface area contributed by atoms with E-state index in [2.05, 4.69) is 21.0 Å². The van der Waals surface area contributed by atoms with E-state index in [9.17, 15) is 0 Å². The summed E-state index contributed by atoms with van der Waals surface area (Å²) in [6.45, 7) is 3.28. The number of pyridine rings is 1. The molecular formula is C20H21Cl2N5O. The van der Waals surface area contributed by atoms with E-state index in [0.29, 0.717) is 16.7 Å². The second-order valence-corrected chi connectivity index (χ2v) is 8.46. The van der Waals surface area contributed by atoms with E-state index in [1.165, 1.54) is 0 Å². The van der Waals surface area contributed by atoms with Crippen LogP contribution in [0.3, 0.4) is 0 Å². The summed E-state index contributed by atoms with van der Waals surface area (Å²) >= 11 is 12.7. The van der Waals surface area contributed by atoms with Crippen LogP contribution in [0.2, 0.25) is 10.0 Å². The SMILES string of the molecule is NC1COCC12CCN(c1ccc(-c3cccc(Cl)c3Cl)c3ncnn13)CC2. The van der Waals surface area contributed by atoms with Crippen molar-refractivity contribution in [3.05, 3.63) is 46.7 Å². The molecule has 1 unspecified atom stereocenters. The maximum atomic E-state index is 6.44. The van der Waals surface area contributed by atoms with Gasteiger partial charge in [-0.2, -0.15) is 9.61 Å². The van der Waals surface area contributed by atoms with Gasteiger partial charge in [-0.05, 0) is 31.0 Å². The predicted molar refractivity (Wildman–Crippen MR) is 111 cm³/mol. The van der Waals surface area contributed by atoms with Gasteiger partial charge in [-0.1, -0.05) is 35.3 Å². The van der Waals surface area contributed by atoms with Crippen molar-refractivity contribution in [1.82, 2.24) is 14.6 Å². The van der Waals surface area contributed by atoms with E-state index in [4.69, 9.17) is 33.7 Å². The highest BCUT2D eigenvalue weighted by Crippen LogP contribution is 2.40. The highest BCUT2D eigenvalue weighted by atomic mass is 35.5. The normalized spacial score (nSPS) is 21.7. The lowest BCUT2D eigenvalue weighted by molar-refractivity contribution is 0.131. The highest BCUT2D eigenvalue weighted by Gasteiger charge is 2.44. The molecule has 2 aliphatic heterocycles. The number of halogens is 2. The van der Waals surface area contributed by atoms with Gasteiger partial charge >= 0.3 is 0 Å². The number of nitrogens with zero attached hydrogens (tertiary/aromatic N) is 4. The Labute approximate surface area is 173 Å². The van der Waals surface area contributed by atoms with Crippen molar-refractivity contribution < 1.29 is 4.74 Å². The van der Waals surface area contributed by atoms with Crippen LogP contribution in [0.5, 0.6) is 0 Å². The number of fused-ring (bicyclic) bond motifs is 1. The Balaban J connectivity index is 1.50. The lowest BCUT2D eigenvalue weighted by Crippen LogP contribution is -2.49. The molecule has 4 heterocycles. The summed E-state index contributed by atoms with van der Waals surface area (Å²) in [5, 5.41) is 5.52. The Morgan fingerprint density at radius 2 is 1.93 bits per heavy atom. The minimum absolute atomic E-state index is 0.117. The molecule has 28 heavy (non-hydrogen) atoms. The zero-order valence-electron chi connectivity index (χ0n) is 15.3. The van der Waals surface area contributed by atoms with Gasteiger partial charge in [-0.25, -0.2) is 4.98 Å². The summed E-state index contributed by atoms with van der Waals surface area (Å²) in [6, 6.07) is 9.88. The molecule has 0 aliphatic carbocycles. The molecule has 2 saturated heterocycles. The summed E-state index contributed by atoms with van der Waals surface area (Å²) in [7, 11) is 0. The molecule has 5 rings (SSSR count). The second kappa shape index (κ2) is 6.88. The Hall–Kier alpha value is -1.86. The Morgan fingerprint density at radius 1 is 1.11 bits per heavy atom. The molecule has 0 saturated carbocycles. The first-order valence-electron chi connectivity index (χ1n) is 9.44. The van der Waals surface area contributed by atoms with E-state index in [1.807, 2.05) is 22.7 Å². The lowest BCUT2D eigenvalue weighted by atomic mass is 9.75. The van der Waals surface area contributed by atoms with Gasteiger partial charge in [0.15, 0.2) is 5.65 Å². The number of anilines is 1. The van der Waals surface area contributed by atoms with Gasteiger partial charge in [0.25, 0.3) is 0 Å². The number of piperidine rings is 1. The van der Waals surface area contributed by atoms with Gasteiger partial charge in [0.05, 0.1) is 23.3 Å². The van der Waals surface area contributed by atoms with Crippen molar-refractivity contribution in [3.63, 3.8) is 0 Å². The minimum atomic E-state index is 0.117. The fourth-order valence-electron chi connectivity index (χ4n) is 4.43. The third kappa shape index (κ3) is 2.78. The van der Waals surface area contributed by atoms with Crippen molar-refractivity contribution >= 4 is 34.7 Å². The van der Waals surface area contributed by atoms with Crippen LogP contribution < -0.4 is 10.6 Å². The minimum Gasteiger partial charge on any atom is -0.379 e. The smallest absolute Gasteiger partial charge is 0.165 e. The van der Waals surface area contributed by atoms with Crippen LogP contribution in [0.25, 0.3) is 16.8 Å². The van der Waals surface area contributed by atoms with Crippen molar-refractivity contribution in [2.24, 2.45) is 11.1 Å². The number of hydrogen-bond donors (Lipinski definition) is 1.